The molecule has 0 aromatic heterocycles. The van der Waals surface area contributed by atoms with E-state index in [2.05, 4.69) is 5.32 Å². The minimum Gasteiger partial charge on any atom is -0.324 e. The largest absolute Gasteiger partial charge is 0.324 e. The van der Waals surface area contributed by atoms with Crippen LogP contribution in [0.1, 0.15) is 5.56 Å². The molecule has 1 aromatic carbocycles. The molecule has 1 aliphatic rings. The van der Waals surface area contributed by atoms with E-state index in [4.69, 9.17) is 0 Å². The average molecular weight is 195 g/mol. The lowest BCUT2D eigenvalue weighted by Crippen LogP contribution is -2.25. The number of anilines is 1. The van der Waals surface area contributed by atoms with Crippen LogP contribution in [0, 0.1) is 6.92 Å². The van der Waals surface area contributed by atoms with Crippen molar-refractivity contribution < 1.29 is 9.00 Å². The highest BCUT2D eigenvalue weighted by atomic mass is 32.2. The van der Waals surface area contributed by atoms with Crippen molar-refractivity contribution >= 4 is 22.4 Å². The van der Waals surface area contributed by atoms with E-state index in [1.54, 1.807) is 6.07 Å². The van der Waals surface area contributed by atoms with E-state index in [0.717, 1.165) is 10.5 Å². The lowest BCUT2D eigenvalue weighted by Gasteiger charge is -2.16. The molecular formula is C9H9NO2S. The van der Waals surface area contributed by atoms with Gasteiger partial charge in [-0.15, -0.1) is 0 Å². The molecule has 0 spiro atoms. The van der Waals surface area contributed by atoms with Gasteiger partial charge in [-0.1, -0.05) is 6.07 Å². The highest BCUT2D eigenvalue weighted by Gasteiger charge is 2.20. The van der Waals surface area contributed by atoms with Crippen molar-refractivity contribution in [3.8, 4) is 0 Å². The second-order valence-corrected chi connectivity index (χ2v) is 4.46. The zero-order chi connectivity index (χ0) is 9.42. The molecule has 13 heavy (non-hydrogen) atoms. The molecule has 0 saturated carbocycles. The molecule has 0 saturated heterocycles. The van der Waals surface area contributed by atoms with E-state index in [1.165, 1.54) is 0 Å². The van der Waals surface area contributed by atoms with Crippen LogP contribution in [0.2, 0.25) is 0 Å². The third-order valence-electron chi connectivity index (χ3n) is 1.92. The quantitative estimate of drug-likeness (QED) is 0.672. The summed E-state index contributed by atoms with van der Waals surface area (Å²) in [5.41, 5.74) is 1.74. The second kappa shape index (κ2) is 2.96. The number of aryl methyl sites for hydroxylation is 1. The van der Waals surface area contributed by atoms with Crippen LogP contribution in [0.5, 0.6) is 0 Å². The number of amides is 1. The number of benzene rings is 1. The van der Waals surface area contributed by atoms with E-state index >= 15 is 0 Å². The molecule has 0 bridgehead atoms. The maximum Gasteiger partial charge on any atom is 0.237 e. The Morgan fingerprint density at radius 2 is 2.23 bits per heavy atom. The molecule has 1 aliphatic heterocycles. The van der Waals surface area contributed by atoms with Crippen LogP contribution in [0.15, 0.2) is 23.1 Å². The molecule has 68 valence electrons. The summed E-state index contributed by atoms with van der Waals surface area (Å²) in [7, 11) is -1.17. The van der Waals surface area contributed by atoms with Crippen LogP contribution in [0.25, 0.3) is 0 Å². The third kappa shape index (κ3) is 1.49. The summed E-state index contributed by atoms with van der Waals surface area (Å²) in [5.74, 6) is -0.0905. The van der Waals surface area contributed by atoms with E-state index in [9.17, 15) is 9.00 Å². The van der Waals surface area contributed by atoms with Gasteiger partial charge in [0.25, 0.3) is 0 Å². The van der Waals surface area contributed by atoms with Crippen LogP contribution in [0.4, 0.5) is 5.69 Å². The molecule has 1 amide bonds. The Hall–Kier alpha value is -1.16. The normalized spacial score (nSPS) is 20.7. The smallest absolute Gasteiger partial charge is 0.237 e. The highest BCUT2D eigenvalue weighted by Crippen LogP contribution is 2.24. The molecular weight excluding hydrogens is 186 g/mol. The maximum absolute atomic E-state index is 11.5. The molecule has 3 nitrogen and oxygen atoms in total. The standard InChI is InChI=1S/C9H9NO2S/c1-6-2-3-8-7(4-6)10-9(11)5-13(8)12/h2-4H,5H2,1H3,(H,10,11). The van der Waals surface area contributed by atoms with Gasteiger partial charge in [0, 0.05) is 0 Å². The van der Waals surface area contributed by atoms with Crippen molar-refractivity contribution in [1.82, 2.24) is 0 Å². The Morgan fingerprint density at radius 1 is 1.46 bits per heavy atom. The fourth-order valence-electron chi connectivity index (χ4n) is 1.32. The van der Waals surface area contributed by atoms with Crippen molar-refractivity contribution in [3.05, 3.63) is 23.8 Å². The van der Waals surface area contributed by atoms with E-state index in [-0.39, 0.29) is 11.7 Å². The Morgan fingerprint density at radius 3 is 3.00 bits per heavy atom. The molecule has 0 radical (unpaired) electrons. The van der Waals surface area contributed by atoms with Gasteiger partial charge >= 0.3 is 0 Å². The number of fused-ring (bicyclic) bond motifs is 1. The maximum atomic E-state index is 11.5. The number of nitrogens with one attached hydrogen (secondary N) is 1. The van der Waals surface area contributed by atoms with Crippen molar-refractivity contribution in [1.29, 1.82) is 0 Å². The van der Waals surface area contributed by atoms with Crippen molar-refractivity contribution in [2.75, 3.05) is 11.1 Å². The van der Waals surface area contributed by atoms with Gasteiger partial charge in [0.1, 0.15) is 5.75 Å². The van der Waals surface area contributed by atoms with E-state index in [1.807, 2.05) is 19.1 Å². The number of carbonyl (C=O) groups is 1. The number of hydrogen-bond donors (Lipinski definition) is 1. The van der Waals surface area contributed by atoms with E-state index < -0.39 is 10.8 Å². The summed E-state index contributed by atoms with van der Waals surface area (Å²) >= 11 is 0. The first-order chi connectivity index (χ1) is 6.16. The number of hydrogen-bond acceptors (Lipinski definition) is 2. The summed E-state index contributed by atoms with van der Waals surface area (Å²) in [4.78, 5) is 11.8. The lowest BCUT2D eigenvalue weighted by atomic mass is 10.2. The molecule has 0 fully saturated rings. The van der Waals surface area contributed by atoms with Gasteiger partial charge < -0.3 is 5.32 Å². The molecule has 1 aromatic rings. The first-order valence-electron chi connectivity index (χ1n) is 3.96. The van der Waals surface area contributed by atoms with Crippen molar-refractivity contribution in [2.24, 2.45) is 0 Å². The first kappa shape index (κ1) is 8.44. The van der Waals surface area contributed by atoms with Gasteiger partial charge in [0.05, 0.1) is 21.4 Å². The van der Waals surface area contributed by atoms with Crippen LogP contribution >= 0.6 is 0 Å². The monoisotopic (exact) mass is 195 g/mol. The van der Waals surface area contributed by atoms with Crippen LogP contribution in [-0.2, 0) is 15.6 Å². The zero-order valence-electron chi connectivity index (χ0n) is 7.16. The molecule has 1 atom stereocenters. The Kier molecular flexibility index (Phi) is 1.92. The predicted molar refractivity (Wildman–Crippen MR) is 51.1 cm³/mol. The van der Waals surface area contributed by atoms with Gasteiger partial charge in [-0.2, -0.15) is 0 Å². The van der Waals surface area contributed by atoms with Crippen LogP contribution in [-0.4, -0.2) is 15.9 Å². The van der Waals surface area contributed by atoms with Crippen LogP contribution in [0.3, 0.4) is 0 Å². The summed E-state index contributed by atoms with van der Waals surface area (Å²) in [6.07, 6.45) is 0. The molecule has 4 heteroatoms. The van der Waals surface area contributed by atoms with Gasteiger partial charge in [0.15, 0.2) is 0 Å². The summed E-state index contributed by atoms with van der Waals surface area (Å²) in [6, 6.07) is 5.54. The van der Waals surface area contributed by atoms with E-state index in [0.29, 0.717) is 5.69 Å². The third-order valence-corrected chi connectivity index (χ3v) is 3.29. The molecule has 1 heterocycles. The molecule has 2 rings (SSSR count). The average Bonchev–Trinajstić information content (AvgIpc) is 2.02. The number of carbonyl (C=O) groups excluding carboxylic acids is 1. The van der Waals surface area contributed by atoms with Gasteiger partial charge in [-0.05, 0) is 24.6 Å². The highest BCUT2D eigenvalue weighted by molar-refractivity contribution is 7.86. The van der Waals surface area contributed by atoms with Gasteiger partial charge in [-0.25, -0.2) is 0 Å². The van der Waals surface area contributed by atoms with Gasteiger partial charge in [-0.3, -0.25) is 9.00 Å². The lowest BCUT2D eigenvalue weighted by molar-refractivity contribution is -0.113. The molecule has 1 N–H and O–H groups in total. The van der Waals surface area contributed by atoms with Crippen molar-refractivity contribution in [3.63, 3.8) is 0 Å². The van der Waals surface area contributed by atoms with Crippen molar-refractivity contribution in [2.45, 2.75) is 11.8 Å². The molecule has 1 unspecified atom stereocenters. The zero-order valence-corrected chi connectivity index (χ0v) is 7.98. The van der Waals surface area contributed by atoms with Crippen LogP contribution < -0.4 is 5.32 Å². The number of rotatable bonds is 0. The topological polar surface area (TPSA) is 46.2 Å². The minimum atomic E-state index is -1.17. The minimum absolute atomic E-state index is 0.0794. The SMILES string of the molecule is Cc1ccc2c(c1)NC(=O)CS2=O. The van der Waals surface area contributed by atoms with Gasteiger partial charge in [0.2, 0.25) is 5.91 Å². The Balaban J connectivity index is 2.55. The summed E-state index contributed by atoms with van der Waals surface area (Å²) < 4.78 is 11.5. The fraction of sp³-hybridized carbons (Fsp3) is 0.222. The predicted octanol–water partition coefficient (Wildman–Crippen LogP) is 1.05. The first-order valence-corrected chi connectivity index (χ1v) is 5.27. The summed E-state index contributed by atoms with van der Waals surface area (Å²) in [6.45, 7) is 1.93. The Labute approximate surface area is 78.6 Å². The summed E-state index contributed by atoms with van der Waals surface area (Å²) in [5, 5.41) is 2.70. The molecule has 0 aliphatic carbocycles. The fourth-order valence-corrected chi connectivity index (χ4v) is 2.36. The second-order valence-electron chi connectivity index (χ2n) is 3.04. The Bertz CT molecular complexity index is 401.